The first-order valence-corrected chi connectivity index (χ1v) is 20.1. The number of carbonyl (C=O) groups excluding carboxylic acids is 1. The molecule has 3 fully saturated rings. The van der Waals surface area contributed by atoms with Crippen LogP contribution in [0.5, 0.6) is 0 Å². The molecule has 0 aliphatic heterocycles. The lowest BCUT2D eigenvalue weighted by Crippen LogP contribution is -2.67. The van der Waals surface area contributed by atoms with E-state index in [1.54, 1.807) is 0 Å². The number of Topliss-reactive ketones (excluding diaryl/α,β-unsaturated/α-hetero) is 1. The van der Waals surface area contributed by atoms with Gasteiger partial charge < -0.3 is 10.2 Å². The number of ketones is 1. The van der Waals surface area contributed by atoms with Crippen molar-refractivity contribution in [3.63, 3.8) is 0 Å². The zero-order valence-corrected chi connectivity index (χ0v) is 30.2. The molecule has 2 bridgehead atoms. The summed E-state index contributed by atoms with van der Waals surface area (Å²) in [7, 11) is -3.64. The first kappa shape index (κ1) is 33.8. The Morgan fingerprint density at radius 2 is 1.44 bits per heavy atom. The molecule has 6 aliphatic rings. The van der Waals surface area contributed by atoms with E-state index in [0.29, 0.717) is 24.8 Å². The Balaban J connectivity index is 1.25. The first-order valence-electron chi connectivity index (χ1n) is 18.3. The van der Waals surface area contributed by atoms with Gasteiger partial charge in [-0.3, -0.25) is 4.79 Å². The average Bonchev–Trinajstić information content (AvgIpc) is 3.38. The number of rotatable bonds is 8. The van der Waals surface area contributed by atoms with Gasteiger partial charge >= 0.3 is 0 Å². The maximum atomic E-state index is 15.3. The molecular formula is C43H49NO5S. The highest BCUT2D eigenvalue weighted by Gasteiger charge is 2.74. The van der Waals surface area contributed by atoms with Gasteiger partial charge in [0.1, 0.15) is 0 Å². The van der Waals surface area contributed by atoms with Crippen LogP contribution >= 0.6 is 0 Å². The van der Waals surface area contributed by atoms with Gasteiger partial charge in [-0.25, -0.2) is 8.42 Å². The predicted molar refractivity (Wildman–Crippen MR) is 196 cm³/mol. The lowest BCUT2D eigenvalue weighted by atomic mass is 9.32. The number of hydrogen-bond acceptors (Lipinski definition) is 5. The molecule has 0 aromatic heterocycles. The van der Waals surface area contributed by atoms with Crippen LogP contribution in [-0.2, 0) is 16.6 Å². The summed E-state index contributed by atoms with van der Waals surface area (Å²) in [4.78, 5) is 15.3. The van der Waals surface area contributed by atoms with Crippen molar-refractivity contribution in [3.05, 3.63) is 120 Å². The summed E-state index contributed by atoms with van der Waals surface area (Å²) in [5, 5.41) is 24.0. The maximum Gasteiger partial charge on any atom is 0.211 e. The van der Waals surface area contributed by atoms with Crippen LogP contribution in [0.3, 0.4) is 0 Å². The Labute approximate surface area is 297 Å². The molecule has 3 saturated carbocycles. The summed E-state index contributed by atoms with van der Waals surface area (Å²) in [5.74, 6) is 0.0899. The minimum absolute atomic E-state index is 0.00935. The highest BCUT2D eigenvalue weighted by atomic mass is 32.2. The summed E-state index contributed by atoms with van der Waals surface area (Å²) >= 11 is 0. The van der Waals surface area contributed by atoms with Crippen molar-refractivity contribution in [3.8, 4) is 11.1 Å². The molecule has 9 rings (SSSR count). The number of aliphatic hydroxyl groups is 2. The zero-order chi connectivity index (χ0) is 35.2. The zero-order valence-electron chi connectivity index (χ0n) is 29.4. The Kier molecular flexibility index (Phi) is 7.82. The third kappa shape index (κ3) is 4.76. The van der Waals surface area contributed by atoms with E-state index in [4.69, 9.17) is 0 Å². The maximum absolute atomic E-state index is 15.3. The number of fused-ring (bicyclic) bond motifs is 1. The fraction of sp³-hybridized carbons (Fsp3) is 0.465. The number of aliphatic hydroxyl groups excluding tert-OH is 1. The Bertz CT molecular complexity index is 1990. The summed E-state index contributed by atoms with van der Waals surface area (Å²) in [6.45, 7) is 4.75. The van der Waals surface area contributed by atoms with E-state index >= 15 is 4.79 Å². The normalized spacial score (nSPS) is 37.2. The van der Waals surface area contributed by atoms with Crippen LogP contribution in [0.2, 0.25) is 0 Å². The molecule has 8 atom stereocenters. The Morgan fingerprint density at radius 1 is 0.820 bits per heavy atom. The molecule has 2 spiro atoms. The first-order chi connectivity index (χ1) is 23.8. The van der Waals surface area contributed by atoms with E-state index in [-0.39, 0.29) is 36.1 Å². The standard InChI is InChI=1S/C43H49NO5S/c1-39-21-18-32(45)26-41(39)24-25-43(35(27-41)38(46)34-17-11-10-16-33(34)31-14-8-5-9-15-31)36(39)19-22-40(2)37(43)20-23-42(40,47)29-44(50(3,48)49)28-30-12-6-4-7-13-30/h4-17,24-25,27,32,36-37,45,47H,18-23,26,28-29H2,1-3H3. The van der Waals surface area contributed by atoms with Crippen LogP contribution in [0.15, 0.2) is 109 Å². The third-order valence-electron chi connectivity index (χ3n) is 14.3. The quantitative estimate of drug-likeness (QED) is 0.188. The lowest BCUT2D eigenvalue weighted by molar-refractivity contribution is -0.173. The van der Waals surface area contributed by atoms with E-state index in [2.05, 4.69) is 32.1 Å². The van der Waals surface area contributed by atoms with Gasteiger partial charge in [-0.15, -0.1) is 0 Å². The van der Waals surface area contributed by atoms with E-state index < -0.39 is 38.0 Å². The van der Waals surface area contributed by atoms with Gasteiger partial charge in [-0.2, -0.15) is 4.31 Å². The summed E-state index contributed by atoms with van der Waals surface area (Å²) in [6, 6.07) is 27.5. The number of carbonyl (C=O) groups is 1. The SMILES string of the molecule is CC12CCC(O)CC13C=CC1(C(C(=O)c4ccccc4-c4ccccc4)=C3)C2CCC2(C)C1CCC2(O)CN(Cc1ccccc1)S(C)(=O)=O. The molecule has 6 aliphatic carbocycles. The smallest absolute Gasteiger partial charge is 0.211 e. The van der Waals surface area contributed by atoms with Crippen LogP contribution in [0.4, 0.5) is 0 Å². The predicted octanol–water partition coefficient (Wildman–Crippen LogP) is 7.59. The van der Waals surface area contributed by atoms with Crippen molar-refractivity contribution in [2.45, 2.75) is 77.0 Å². The van der Waals surface area contributed by atoms with Gasteiger partial charge in [-0.1, -0.05) is 117 Å². The van der Waals surface area contributed by atoms with Crippen molar-refractivity contribution in [2.75, 3.05) is 12.8 Å². The van der Waals surface area contributed by atoms with Crippen molar-refractivity contribution in [1.82, 2.24) is 4.31 Å². The monoisotopic (exact) mass is 691 g/mol. The molecule has 0 radical (unpaired) electrons. The molecule has 7 heteroatoms. The molecule has 3 aromatic carbocycles. The fourth-order valence-electron chi connectivity index (χ4n) is 11.7. The summed E-state index contributed by atoms with van der Waals surface area (Å²) in [6.07, 6.45) is 12.6. The second kappa shape index (κ2) is 11.6. The van der Waals surface area contributed by atoms with Crippen molar-refractivity contribution >= 4 is 15.8 Å². The summed E-state index contributed by atoms with van der Waals surface area (Å²) in [5.41, 5.74) is 1.07. The molecule has 3 aromatic rings. The number of nitrogens with zero attached hydrogens (tertiary/aromatic N) is 1. The van der Waals surface area contributed by atoms with Gasteiger partial charge in [0.15, 0.2) is 5.78 Å². The van der Waals surface area contributed by atoms with Crippen LogP contribution in [0, 0.1) is 33.5 Å². The second-order valence-corrected chi connectivity index (χ2v) is 18.6. The van der Waals surface area contributed by atoms with Crippen molar-refractivity contribution < 1.29 is 23.4 Å². The number of benzene rings is 3. The molecule has 262 valence electrons. The molecular weight excluding hydrogens is 643 g/mol. The summed E-state index contributed by atoms with van der Waals surface area (Å²) < 4.78 is 28.0. The van der Waals surface area contributed by atoms with Crippen molar-refractivity contribution in [1.29, 1.82) is 0 Å². The molecule has 2 N–H and O–H groups in total. The minimum Gasteiger partial charge on any atom is -0.393 e. The Morgan fingerprint density at radius 3 is 2.16 bits per heavy atom. The Hall–Kier alpha value is -3.36. The van der Waals surface area contributed by atoms with Gasteiger partial charge in [0.05, 0.1) is 18.0 Å². The molecule has 0 heterocycles. The van der Waals surface area contributed by atoms with Crippen molar-refractivity contribution in [2.24, 2.45) is 33.5 Å². The minimum atomic E-state index is -3.64. The molecule has 0 saturated heterocycles. The fourth-order valence-corrected chi connectivity index (χ4v) is 12.5. The van der Waals surface area contributed by atoms with Gasteiger partial charge in [0.25, 0.3) is 0 Å². The van der Waals surface area contributed by atoms with E-state index in [1.807, 2.05) is 84.9 Å². The van der Waals surface area contributed by atoms with Gasteiger partial charge in [0, 0.05) is 40.5 Å². The van der Waals surface area contributed by atoms with Gasteiger partial charge in [-0.05, 0) is 78.9 Å². The van der Waals surface area contributed by atoms with Crippen LogP contribution in [-0.4, -0.2) is 53.2 Å². The number of hydrogen-bond donors (Lipinski definition) is 2. The van der Waals surface area contributed by atoms with Gasteiger partial charge in [0.2, 0.25) is 10.0 Å². The number of allylic oxidation sites excluding steroid dienone is 4. The highest BCUT2D eigenvalue weighted by Crippen LogP contribution is 2.78. The van der Waals surface area contributed by atoms with Crippen LogP contribution in [0.25, 0.3) is 11.1 Å². The lowest BCUT2D eigenvalue weighted by Gasteiger charge is -2.71. The highest BCUT2D eigenvalue weighted by molar-refractivity contribution is 7.88. The average molecular weight is 692 g/mol. The second-order valence-electron chi connectivity index (χ2n) is 16.6. The number of sulfonamides is 1. The van der Waals surface area contributed by atoms with E-state index in [9.17, 15) is 18.6 Å². The molecule has 6 nitrogen and oxygen atoms in total. The molecule has 50 heavy (non-hydrogen) atoms. The van der Waals surface area contributed by atoms with E-state index in [1.165, 1.54) is 10.6 Å². The topological polar surface area (TPSA) is 94.9 Å². The van der Waals surface area contributed by atoms with E-state index in [0.717, 1.165) is 47.9 Å². The third-order valence-corrected chi connectivity index (χ3v) is 15.5. The van der Waals surface area contributed by atoms with Crippen LogP contribution in [0.1, 0.15) is 74.7 Å². The molecule has 0 amide bonds. The van der Waals surface area contributed by atoms with Crippen LogP contribution < -0.4 is 0 Å². The molecule has 8 unspecified atom stereocenters. The largest absolute Gasteiger partial charge is 0.393 e.